The average molecular weight is 332 g/mol. The number of pyridine rings is 1. The Hall–Kier alpha value is -1.64. The van der Waals surface area contributed by atoms with E-state index in [-0.39, 0.29) is 29.8 Å². The van der Waals surface area contributed by atoms with E-state index in [1.807, 2.05) is 0 Å². The quantitative estimate of drug-likeness (QED) is 0.804. The number of hydrogen-bond acceptors (Lipinski definition) is 5. The third-order valence-electron chi connectivity index (χ3n) is 2.63. The molecule has 0 saturated carbocycles. The minimum atomic E-state index is -3.87. The van der Waals surface area contributed by atoms with Crippen molar-refractivity contribution < 1.29 is 17.9 Å². The number of sulfonamides is 1. The van der Waals surface area contributed by atoms with Crippen LogP contribution < -0.4 is 4.72 Å². The molecule has 0 aromatic carbocycles. The summed E-state index contributed by atoms with van der Waals surface area (Å²) in [7, 11) is -3.87. The van der Waals surface area contributed by atoms with Crippen molar-refractivity contribution in [1.82, 2.24) is 14.1 Å². The van der Waals surface area contributed by atoms with Gasteiger partial charge in [-0.3, -0.25) is 9.20 Å². The van der Waals surface area contributed by atoms with Crippen LogP contribution in [0.3, 0.4) is 0 Å². The van der Waals surface area contributed by atoms with Gasteiger partial charge in [-0.25, -0.2) is 18.1 Å². The largest absolute Gasteiger partial charge is 0.466 e. The van der Waals surface area contributed by atoms with Crippen LogP contribution in [0.25, 0.3) is 5.65 Å². The second kappa shape index (κ2) is 6.42. The summed E-state index contributed by atoms with van der Waals surface area (Å²) in [6.45, 7) is 1.86. The molecular formula is C12H14ClN3O4S. The Morgan fingerprint density at radius 1 is 1.48 bits per heavy atom. The molecule has 2 aromatic heterocycles. The fourth-order valence-electron chi connectivity index (χ4n) is 1.77. The maximum absolute atomic E-state index is 12.3. The lowest BCUT2D eigenvalue weighted by molar-refractivity contribution is -0.142. The first kappa shape index (κ1) is 15.7. The zero-order valence-electron chi connectivity index (χ0n) is 11.2. The molecule has 0 unspecified atom stereocenters. The predicted octanol–water partition coefficient (Wildman–Crippen LogP) is 1.22. The molecule has 0 spiro atoms. The number of halogens is 1. The molecule has 0 amide bonds. The number of imidazole rings is 1. The second-order valence-corrected chi connectivity index (χ2v) is 6.13. The van der Waals surface area contributed by atoms with Crippen molar-refractivity contribution in [2.24, 2.45) is 0 Å². The second-order valence-electron chi connectivity index (χ2n) is 4.09. The van der Waals surface area contributed by atoms with Gasteiger partial charge >= 0.3 is 5.97 Å². The molecule has 114 valence electrons. The molecule has 2 aromatic rings. The average Bonchev–Trinajstić information content (AvgIpc) is 2.75. The van der Waals surface area contributed by atoms with Gasteiger partial charge in [0, 0.05) is 12.7 Å². The van der Waals surface area contributed by atoms with Crippen LogP contribution >= 0.6 is 11.6 Å². The van der Waals surface area contributed by atoms with Crippen molar-refractivity contribution in [1.29, 1.82) is 0 Å². The smallest absolute Gasteiger partial charge is 0.307 e. The normalized spacial score (nSPS) is 11.7. The number of carbonyl (C=O) groups is 1. The number of nitrogens with one attached hydrogen (secondary N) is 1. The molecule has 0 aliphatic heterocycles. The van der Waals surface area contributed by atoms with Gasteiger partial charge < -0.3 is 4.74 Å². The molecule has 0 bridgehead atoms. The number of esters is 1. The summed E-state index contributed by atoms with van der Waals surface area (Å²) in [5.41, 5.74) is 0.424. The predicted molar refractivity (Wildman–Crippen MR) is 76.6 cm³/mol. The van der Waals surface area contributed by atoms with Crippen LogP contribution in [0.4, 0.5) is 0 Å². The zero-order valence-corrected chi connectivity index (χ0v) is 12.8. The molecule has 7 nitrogen and oxygen atoms in total. The minimum absolute atomic E-state index is 0.0541. The van der Waals surface area contributed by atoms with E-state index in [2.05, 4.69) is 9.71 Å². The Balaban J connectivity index is 2.18. The highest BCUT2D eigenvalue weighted by atomic mass is 35.5. The van der Waals surface area contributed by atoms with E-state index >= 15 is 0 Å². The van der Waals surface area contributed by atoms with Crippen molar-refractivity contribution >= 4 is 33.2 Å². The van der Waals surface area contributed by atoms with Crippen molar-refractivity contribution in [2.75, 3.05) is 13.2 Å². The lowest BCUT2D eigenvalue weighted by Gasteiger charge is -2.06. The zero-order chi connectivity index (χ0) is 15.5. The Labute approximate surface area is 126 Å². The van der Waals surface area contributed by atoms with Gasteiger partial charge in [0.1, 0.15) is 5.65 Å². The first-order chi connectivity index (χ1) is 9.95. The van der Waals surface area contributed by atoms with Gasteiger partial charge in [-0.2, -0.15) is 0 Å². The maximum Gasteiger partial charge on any atom is 0.307 e. The van der Waals surface area contributed by atoms with E-state index in [4.69, 9.17) is 16.3 Å². The van der Waals surface area contributed by atoms with Crippen molar-refractivity contribution in [3.8, 4) is 0 Å². The molecule has 0 saturated heterocycles. The molecule has 0 aliphatic rings. The van der Waals surface area contributed by atoms with Crippen LogP contribution in [-0.2, 0) is 19.6 Å². The van der Waals surface area contributed by atoms with E-state index < -0.39 is 16.0 Å². The molecule has 2 rings (SSSR count). The molecule has 0 atom stereocenters. The number of fused-ring (bicyclic) bond motifs is 1. The van der Waals surface area contributed by atoms with Gasteiger partial charge in [-0.05, 0) is 19.1 Å². The van der Waals surface area contributed by atoms with Crippen LogP contribution in [0.5, 0.6) is 0 Å². The molecular weight excluding hydrogens is 318 g/mol. The maximum atomic E-state index is 12.3. The highest BCUT2D eigenvalue weighted by Crippen LogP contribution is 2.22. The first-order valence-electron chi connectivity index (χ1n) is 6.23. The molecule has 21 heavy (non-hydrogen) atoms. The summed E-state index contributed by atoms with van der Waals surface area (Å²) in [6.07, 6.45) is 1.50. The van der Waals surface area contributed by atoms with E-state index in [0.29, 0.717) is 5.65 Å². The lowest BCUT2D eigenvalue weighted by atomic mass is 10.4. The lowest BCUT2D eigenvalue weighted by Crippen LogP contribution is -2.28. The van der Waals surface area contributed by atoms with Crippen LogP contribution in [0.15, 0.2) is 29.4 Å². The number of ether oxygens (including phenoxy) is 1. The first-order valence-corrected chi connectivity index (χ1v) is 8.09. The van der Waals surface area contributed by atoms with Crippen LogP contribution in [-0.4, -0.2) is 36.9 Å². The third-order valence-corrected chi connectivity index (χ3v) is 4.49. The van der Waals surface area contributed by atoms with E-state index in [0.717, 1.165) is 0 Å². The summed E-state index contributed by atoms with van der Waals surface area (Å²) in [6, 6.07) is 5.04. The molecule has 0 radical (unpaired) electrons. The Kier molecular flexibility index (Phi) is 4.81. The fraction of sp³-hybridized carbons (Fsp3) is 0.333. The highest BCUT2D eigenvalue weighted by molar-refractivity contribution is 7.89. The van der Waals surface area contributed by atoms with Crippen LogP contribution in [0.2, 0.25) is 5.15 Å². The van der Waals surface area contributed by atoms with Gasteiger partial charge in [-0.15, -0.1) is 0 Å². The summed E-state index contributed by atoms with van der Waals surface area (Å²) in [5.74, 6) is -0.468. The summed E-state index contributed by atoms with van der Waals surface area (Å²) in [4.78, 5) is 15.2. The van der Waals surface area contributed by atoms with Gasteiger partial charge in [0.2, 0.25) is 0 Å². The highest BCUT2D eigenvalue weighted by Gasteiger charge is 2.24. The van der Waals surface area contributed by atoms with Gasteiger partial charge in [0.05, 0.1) is 13.0 Å². The van der Waals surface area contributed by atoms with Crippen LogP contribution in [0.1, 0.15) is 13.3 Å². The third kappa shape index (κ3) is 3.52. The van der Waals surface area contributed by atoms with E-state index in [9.17, 15) is 13.2 Å². The van der Waals surface area contributed by atoms with Gasteiger partial charge in [0.15, 0.2) is 10.2 Å². The van der Waals surface area contributed by atoms with Gasteiger partial charge in [0.25, 0.3) is 10.0 Å². The molecule has 0 aliphatic carbocycles. The number of carbonyl (C=O) groups excluding carboxylic acids is 1. The SMILES string of the molecule is CCOC(=O)CCNS(=O)(=O)c1c(Cl)nc2ccccn12. The summed E-state index contributed by atoms with van der Waals surface area (Å²) >= 11 is 5.90. The topological polar surface area (TPSA) is 89.8 Å². The van der Waals surface area contributed by atoms with Crippen molar-refractivity contribution in [3.63, 3.8) is 0 Å². The van der Waals surface area contributed by atoms with Crippen molar-refractivity contribution in [2.45, 2.75) is 18.4 Å². The molecule has 0 fully saturated rings. The summed E-state index contributed by atoms with van der Waals surface area (Å²) < 4.78 is 32.9. The van der Waals surface area contributed by atoms with Crippen molar-refractivity contribution in [3.05, 3.63) is 29.5 Å². The number of hydrogen-bond donors (Lipinski definition) is 1. The summed E-state index contributed by atoms with van der Waals surface area (Å²) in [5, 5.41) is -0.270. The number of aromatic nitrogens is 2. The molecule has 9 heteroatoms. The number of nitrogens with zero attached hydrogens (tertiary/aromatic N) is 2. The number of rotatable bonds is 6. The Morgan fingerprint density at radius 3 is 2.95 bits per heavy atom. The monoisotopic (exact) mass is 331 g/mol. The Morgan fingerprint density at radius 2 is 2.24 bits per heavy atom. The minimum Gasteiger partial charge on any atom is -0.466 e. The Bertz CT molecular complexity index is 757. The van der Waals surface area contributed by atoms with E-state index in [1.54, 1.807) is 31.3 Å². The molecule has 2 heterocycles. The van der Waals surface area contributed by atoms with E-state index in [1.165, 1.54) is 4.40 Å². The fourth-order valence-corrected chi connectivity index (χ4v) is 3.44. The van der Waals surface area contributed by atoms with Gasteiger partial charge in [-0.1, -0.05) is 17.7 Å². The standard InChI is InChI=1S/C12H14ClN3O4S/c1-2-20-10(17)6-7-14-21(18,19)12-11(13)15-9-5-3-4-8-16(9)12/h3-5,8,14H,2,6-7H2,1H3. The van der Waals surface area contributed by atoms with Crippen LogP contribution in [0, 0.1) is 0 Å². The molecule has 1 N–H and O–H groups in total.